The summed E-state index contributed by atoms with van der Waals surface area (Å²) in [7, 11) is 3.30. The van der Waals surface area contributed by atoms with Crippen molar-refractivity contribution in [3.63, 3.8) is 0 Å². The Morgan fingerprint density at radius 3 is 2.39 bits per heavy atom. The van der Waals surface area contributed by atoms with E-state index in [9.17, 15) is 4.79 Å². The molecule has 2 aromatic carbocycles. The van der Waals surface area contributed by atoms with Crippen LogP contribution in [0.5, 0.6) is 11.5 Å². The zero-order valence-electron chi connectivity index (χ0n) is 18.5. The molecule has 31 heavy (non-hydrogen) atoms. The summed E-state index contributed by atoms with van der Waals surface area (Å²) in [6.07, 6.45) is 2.08. The molecule has 0 radical (unpaired) electrons. The fourth-order valence-corrected chi connectivity index (χ4v) is 3.76. The third-order valence-electron chi connectivity index (χ3n) is 5.52. The van der Waals surface area contributed by atoms with Gasteiger partial charge in [0.05, 0.1) is 33.4 Å². The fourth-order valence-electron chi connectivity index (χ4n) is 3.76. The van der Waals surface area contributed by atoms with Crippen molar-refractivity contribution >= 4 is 5.91 Å². The third kappa shape index (κ3) is 6.57. The standard InChI is InChI=1S/C25H32N2O4/c1-4-15-31-24(21-8-6-10-23(18-21)30-3)19-26-11-13-27(14-12-26)25(28)17-20-7-5-9-22(16-20)29-2/h4-10,16,18,24H,1,11-15,17,19H2,2-3H3/t24-/m0/s1. The number of carbonyl (C=O) groups is 1. The summed E-state index contributed by atoms with van der Waals surface area (Å²) in [5.74, 6) is 1.75. The normalized spacial score (nSPS) is 15.4. The van der Waals surface area contributed by atoms with Crippen LogP contribution in [0.4, 0.5) is 0 Å². The van der Waals surface area contributed by atoms with Gasteiger partial charge in [0.25, 0.3) is 0 Å². The minimum atomic E-state index is -0.0767. The Morgan fingerprint density at radius 1 is 1.03 bits per heavy atom. The molecule has 2 aromatic rings. The third-order valence-corrected chi connectivity index (χ3v) is 5.52. The monoisotopic (exact) mass is 424 g/mol. The van der Waals surface area contributed by atoms with Gasteiger partial charge in [0.1, 0.15) is 11.5 Å². The molecule has 1 amide bonds. The topological polar surface area (TPSA) is 51.2 Å². The molecule has 0 bridgehead atoms. The highest BCUT2D eigenvalue weighted by Crippen LogP contribution is 2.24. The van der Waals surface area contributed by atoms with Gasteiger partial charge < -0.3 is 19.1 Å². The summed E-state index contributed by atoms with van der Waals surface area (Å²) in [5, 5.41) is 0. The molecule has 166 valence electrons. The van der Waals surface area contributed by atoms with Crippen molar-refractivity contribution in [1.29, 1.82) is 0 Å². The summed E-state index contributed by atoms with van der Waals surface area (Å²) in [4.78, 5) is 17.0. The van der Waals surface area contributed by atoms with Crippen LogP contribution in [-0.4, -0.2) is 69.3 Å². The molecule has 0 saturated carbocycles. The maximum atomic E-state index is 12.7. The Kier molecular flexibility index (Phi) is 8.50. The number of benzene rings is 2. The van der Waals surface area contributed by atoms with E-state index in [0.29, 0.717) is 13.0 Å². The minimum Gasteiger partial charge on any atom is -0.497 e. The highest BCUT2D eigenvalue weighted by atomic mass is 16.5. The molecule has 1 saturated heterocycles. The van der Waals surface area contributed by atoms with Crippen LogP contribution < -0.4 is 9.47 Å². The molecule has 1 aliphatic heterocycles. The van der Waals surface area contributed by atoms with Crippen LogP contribution in [0.3, 0.4) is 0 Å². The maximum absolute atomic E-state index is 12.7. The van der Waals surface area contributed by atoms with E-state index in [1.807, 2.05) is 47.4 Å². The number of amides is 1. The number of methoxy groups -OCH3 is 2. The Hall–Kier alpha value is -2.83. The van der Waals surface area contributed by atoms with E-state index in [-0.39, 0.29) is 12.0 Å². The molecule has 0 spiro atoms. The van der Waals surface area contributed by atoms with Gasteiger partial charge in [0, 0.05) is 32.7 Å². The van der Waals surface area contributed by atoms with Crippen LogP contribution in [0, 0.1) is 0 Å². The average molecular weight is 425 g/mol. The van der Waals surface area contributed by atoms with Gasteiger partial charge in [-0.05, 0) is 35.4 Å². The number of ether oxygens (including phenoxy) is 3. The number of carbonyl (C=O) groups excluding carboxylic acids is 1. The van der Waals surface area contributed by atoms with Gasteiger partial charge in [-0.2, -0.15) is 0 Å². The maximum Gasteiger partial charge on any atom is 0.227 e. The summed E-state index contributed by atoms with van der Waals surface area (Å²) in [5.41, 5.74) is 2.06. The second-order valence-corrected chi connectivity index (χ2v) is 7.60. The van der Waals surface area contributed by atoms with Gasteiger partial charge in [-0.25, -0.2) is 0 Å². The zero-order valence-corrected chi connectivity index (χ0v) is 18.5. The van der Waals surface area contributed by atoms with Crippen LogP contribution in [0.25, 0.3) is 0 Å². The molecule has 0 unspecified atom stereocenters. The lowest BCUT2D eigenvalue weighted by Gasteiger charge is -2.36. The molecule has 1 heterocycles. The molecule has 0 N–H and O–H groups in total. The predicted molar refractivity (Wildman–Crippen MR) is 122 cm³/mol. The summed E-state index contributed by atoms with van der Waals surface area (Å²) >= 11 is 0. The Morgan fingerprint density at radius 2 is 1.71 bits per heavy atom. The van der Waals surface area contributed by atoms with E-state index in [1.54, 1.807) is 20.3 Å². The first-order chi connectivity index (χ1) is 15.1. The number of nitrogens with zero attached hydrogens (tertiary/aromatic N) is 2. The molecule has 6 heteroatoms. The van der Waals surface area contributed by atoms with E-state index in [0.717, 1.165) is 55.3 Å². The molecule has 0 aliphatic carbocycles. The fraction of sp³-hybridized carbons (Fsp3) is 0.400. The van der Waals surface area contributed by atoms with E-state index < -0.39 is 0 Å². The van der Waals surface area contributed by atoms with Crippen molar-refractivity contribution in [2.45, 2.75) is 12.5 Å². The van der Waals surface area contributed by atoms with Crippen LogP contribution in [0.1, 0.15) is 17.2 Å². The van der Waals surface area contributed by atoms with E-state index in [1.165, 1.54) is 0 Å². The van der Waals surface area contributed by atoms with Crippen LogP contribution in [-0.2, 0) is 16.0 Å². The molecule has 1 atom stereocenters. The van der Waals surface area contributed by atoms with Crippen molar-refractivity contribution in [1.82, 2.24) is 9.80 Å². The van der Waals surface area contributed by atoms with Crippen molar-refractivity contribution in [3.8, 4) is 11.5 Å². The zero-order chi connectivity index (χ0) is 22.1. The number of hydrogen-bond donors (Lipinski definition) is 0. The summed E-state index contributed by atoms with van der Waals surface area (Å²) < 4.78 is 16.7. The SMILES string of the molecule is C=CCO[C@@H](CN1CCN(C(=O)Cc2cccc(OC)c2)CC1)c1cccc(OC)c1. The Bertz CT molecular complexity index is 862. The first-order valence-electron chi connectivity index (χ1n) is 10.6. The van der Waals surface area contributed by atoms with Gasteiger partial charge in [-0.3, -0.25) is 9.69 Å². The Labute approximate surface area is 185 Å². The molecule has 0 aromatic heterocycles. The number of hydrogen-bond acceptors (Lipinski definition) is 5. The lowest BCUT2D eigenvalue weighted by molar-refractivity contribution is -0.132. The van der Waals surface area contributed by atoms with Crippen LogP contribution >= 0.6 is 0 Å². The molecular weight excluding hydrogens is 392 g/mol. The lowest BCUT2D eigenvalue weighted by atomic mass is 10.1. The molecular formula is C25H32N2O4. The van der Waals surface area contributed by atoms with Crippen molar-refractivity contribution < 1.29 is 19.0 Å². The largest absolute Gasteiger partial charge is 0.497 e. The lowest BCUT2D eigenvalue weighted by Crippen LogP contribution is -2.50. The van der Waals surface area contributed by atoms with Crippen LogP contribution in [0.2, 0.25) is 0 Å². The van der Waals surface area contributed by atoms with E-state index in [2.05, 4.69) is 17.5 Å². The van der Waals surface area contributed by atoms with Gasteiger partial charge in [-0.1, -0.05) is 30.3 Å². The molecule has 1 fully saturated rings. The van der Waals surface area contributed by atoms with E-state index in [4.69, 9.17) is 14.2 Å². The van der Waals surface area contributed by atoms with Crippen LogP contribution in [0.15, 0.2) is 61.2 Å². The van der Waals surface area contributed by atoms with Gasteiger partial charge in [0.2, 0.25) is 5.91 Å². The molecule has 1 aliphatic rings. The molecule has 3 rings (SSSR count). The quantitative estimate of drug-likeness (QED) is 0.548. The highest BCUT2D eigenvalue weighted by Gasteiger charge is 2.24. The molecule has 6 nitrogen and oxygen atoms in total. The Balaban J connectivity index is 1.55. The first kappa shape index (κ1) is 22.8. The minimum absolute atomic E-state index is 0.0767. The first-order valence-corrected chi connectivity index (χ1v) is 10.6. The highest BCUT2D eigenvalue weighted by molar-refractivity contribution is 5.79. The summed E-state index contributed by atoms with van der Waals surface area (Å²) in [6, 6.07) is 15.7. The van der Waals surface area contributed by atoms with Crippen molar-refractivity contribution in [2.75, 3.05) is 53.6 Å². The van der Waals surface area contributed by atoms with Crippen molar-refractivity contribution in [2.24, 2.45) is 0 Å². The van der Waals surface area contributed by atoms with E-state index >= 15 is 0 Å². The van der Waals surface area contributed by atoms with Gasteiger partial charge >= 0.3 is 0 Å². The number of piperazine rings is 1. The predicted octanol–water partition coefficient (Wildman–Crippen LogP) is 3.33. The summed E-state index contributed by atoms with van der Waals surface area (Å²) in [6.45, 7) is 8.09. The van der Waals surface area contributed by atoms with Gasteiger partial charge in [-0.15, -0.1) is 6.58 Å². The number of rotatable bonds is 10. The average Bonchev–Trinajstić information content (AvgIpc) is 2.82. The van der Waals surface area contributed by atoms with Gasteiger partial charge in [0.15, 0.2) is 0 Å². The smallest absolute Gasteiger partial charge is 0.227 e. The second kappa shape index (κ2) is 11.5. The second-order valence-electron chi connectivity index (χ2n) is 7.60. The van der Waals surface area contributed by atoms with Crippen molar-refractivity contribution in [3.05, 3.63) is 72.3 Å².